The van der Waals surface area contributed by atoms with Crippen molar-refractivity contribution in [2.75, 3.05) is 26.2 Å². The molecule has 4 fully saturated rings. The molecule has 3 saturated carbocycles. The molecule has 2 atom stereocenters. The lowest BCUT2D eigenvalue weighted by Gasteiger charge is -2.21. The van der Waals surface area contributed by atoms with E-state index in [0.29, 0.717) is 55.3 Å². The quantitative estimate of drug-likeness (QED) is 0.563. The number of nitrogens with one attached hydrogen (secondary N) is 1. The Bertz CT molecular complexity index is 832. The zero-order chi connectivity index (χ0) is 21.4. The van der Waals surface area contributed by atoms with Gasteiger partial charge in [-0.2, -0.15) is 0 Å². The van der Waals surface area contributed by atoms with Gasteiger partial charge in [0.2, 0.25) is 5.88 Å². The Labute approximate surface area is 183 Å². The lowest BCUT2D eigenvalue weighted by molar-refractivity contribution is -0.122. The van der Waals surface area contributed by atoms with Crippen LogP contribution in [0, 0.1) is 11.8 Å². The first kappa shape index (κ1) is 20.9. The molecule has 3 aliphatic carbocycles. The predicted octanol–water partition coefficient (Wildman–Crippen LogP) is 2.28. The Morgan fingerprint density at radius 2 is 1.90 bits per heavy atom. The molecule has 2 N–H and O–H groups in total. The number of β-amino-alcohol motifs (C(OH)–C–C–N with tert-alkyl or cyclic N) is 1. The number of nitrogens with zero attached hydrogens (tertiary/aromatic N) is 2. The standard InChI is InChI=1S/C24H33N3O4/c28-18-9-10-27(12-18)13-22(29)21(11-15-1-2-15)25-23(30)20-8-7-19(17-5-6-17)24(26-20)31-14-16-3-4-16/h7-8,15-18,21,28H,1-6,9-14H2,(H,25,30)/t18?,21-/m0/s1. The fraction of sp³-hybridized carbons (Fsp3) is 0.708. The van der Waals surface area contributed by atoms with Crippen LogP contribution in [0.5, 0.6) is 5.88 Å². The van der Waals surface area contributed by atoms with Gasteiger partial charge in [0.1, 0.15) is 5.69 Å². The van der Waals surface area contributed by atoms with Crippen LogP contribution in [-0.4, -0.2) is 65.1 Å². The van der Waals surface area contributed by atoms with Gasteiger partial charge in [-0.3, -0.25) is 14.5 Å². The zero-order valence-corrected chi connectivity index (χ0v) is 18.1. The van der Waals surface area contributed by atoms with Crippen LogP contribution in [0.1, 0.15) is 73.3 Å². The molecule has 1 aromatic rings. The number of aromatic nitrogens is 1. The van der Waals surface area contributed by atoms with Gasteiger partial charge in [0.05, 0.1) is 25.3 Å². The summed E-state index contributed by atoms with van der Waals surface area (Å²) < 4.78 is 5.99. The number of ether oxygens (including phenoxy) is 1. The highest BCUT2D eigenvalue weighted by Gasteiger charge is 2.34. The first-order chi connectivity index (χ1) is 15.0. The number of rotatable bonds is 11. The molecule has 0 aromatic carbocycles. The maximum absolute atomic E-state index is 13.0. The summed E-state index contributed by atoms with van der Waals surface area (Å²) in [6.45, 7) is 2.20. The third kappa shape index (κ3) is 5.63. The van der Waals surface area contributed by atoms with E-state index in [1.54, 1.807) is 6.07 Å². The van der Waals surface area contributed by atoms with Crippen LogP contribution >= 0.6 is 0 Å². The Balaban J connectivity index is 1.25. The lowest BCUT2D eigenvalue weighted by Crippen LogP contribution is -2.45. The van der Waals surface area contributed by atoms with Gasteiger partial charge in [0, 0.05) is 18.7 Å². The number of carbonyl (C=O) groups is 2. The summed E-state index contributed by atoms with van der Waals surface area (Å²) in [6, 6.07) is 3.24. The number of aliphatic hydroxyl groups is 1. The van der Waals surface area contributed by atoms with Crippen LogP contribution in [0.15, 0.2) is 12.1 Å². The second-order valence-corrected chi connectivity index (χ2v) is 9.97. The van der Waals surface area contributed by atoms with E-state index in [1.165, 1.54) is 12.8 Å². The van der Waals surface area contributed by atoms with Crippen LogP contribution in [0.3, 0.4) is 0 Å². The maximum Gasteiger partial charge on any atom is 0.270 e. The molecule has 1 unspecified atom stereocenters. The average molecular weight is 428 g/mol. The van der Waals surface area contributed by atoms with Crippen molar-refractivity contribution in [3.63, 3.8) is 0 Å². The number of carbonyl (C=O) groups excluding carboxylic acids is 2. The maximum atomic E-state index is 13.0. The SMILES string of the molecule is O=C(N[C@@H](CC1CC1)C(=O)CN1CCC(O)C1)c1ccc(C2CC2)c(OCC2CC2)n1. The molecule has 1 saturated heterocycles. The van der Waals surface area contributed by atoms with Gasteiger partial charge >= 0.3 is 0 Å². The first-order valence-corrected chi connectivity index (χ1v) is 11.9. The van der Waals surface area contributed by atoms with E-state index < -0.39 is 6.04 Å². The molecule has 4 aliphatic rings. The molecule has 7 heteroatoms. The van der Waals surface area contributed by atoms with E-state index in [1.807, 2.05) is 11.0 Å². The summed E-state index contributed by atoms with van der Waals surface area (Å²) in [5.74, 6) is 1.95. The van der Waals surface area contributed by atoms with Gasteiger partial charge in [-0.1, -0.05) is 18.9 Å². The van der Waals surface area contributed by atoms with Gasteiger partial charge < -0.3 is 15.2 Å². The molecule has 2 heterocycles. The van der Waals surface area contributed by atoms with Crippen molar-refractivity contribution >= 4 is 11.7 Å². The van der Waals surface area contributed by atoms with E-state index in [4.69, 9.17) is 4.74 Å². The highest BCUT2D eigenvalue weighted by atomic mass is 16.5. The molecule has 5 rings (SSSR count). The van der Waals surface area contributed by atoms with Gasteiger partial charge in [-0.15, -0.1) is 0 Å². The molecule has 0 radical (unpaired) electrons. The summed E-state index contributed by atoms with van der Waals surface area (Å²) in [5, 5.41) is 12.7. The van der Waals surface area contributed by atoms with Crippen LogP contribution in [-0.2, 0) is 4.79 Å². The second kappa shape index (κ2) is 8.87. The van der Waals surface area contributed by atoms with Crippen molar-refractivity contribution in [3.8, 4) is 5.88 Å². The van der Waals surface area contributed by atoms with E-state index >= 15 is 0 Å². The second-order valence-electron chi connectivity index (χ2n) is 9.97. The van der Waals surface area contributed by atoms with Crippen LogP contribution in [0.4, 0.5) is 0 Å². The highest BCUT2D eigenvalue weighted by molar-refractivity contribution is 5.97. The van der Waals surface area contributed by atoms with Gasteiger partial charge in [0.25, 0.3) is 5.91 Å². The number of ketones is 1. The van der Waals surface area contributed by atoms with Gasteiger partial charge in [-0.05, 0) is 62.3 Å². The van der Waals surface area contributed by atoms with E-state index in [2.05, 4.69) is 10.3 Å². The summed E-state index contributed by atoms with van der Waals surface area (Å²) in [5.41, 5.74) is 1.43. The molecule has 0 spiro atoms. The number of Topliss-reactive ketones (excluding diaryl/α,β-unsaturated/α-hetero) is 1. The molecular formula is C24H33N3O4. The third-order valence-electron chi connectivity index (χ3n) is 6.88. The Hall–Kier alpha value is -1.99. The lowest BCUT2D eigenvalue weighted by atomic mass is 10.0. The molecule has 7 nitrogen and oxygen atoms in total. The molecule has 1 aromatic heterocycles. The van der Waals surface area contributed by atoms with Crippen LogP contribution in [0.2, 0.25) is 0 Å². The molecule has 168 valence electrons. The summed E-state index contributed by atoms with van der Waals surface area (Å²) in [6.07, 6.45) is 7.99. The number of likely N-dealkylation sites (tertiary alicyclic amines) is 1. The number of hydrogen-bond donors (Lipinski definition) is 2. The third-order valence-corrected chi connectivity index (χ3v) is 6.88. The van der Waals surface area contributed by atoms with Crippen molar-refractivity contribution in [1.29, 1.82) is 0 Å². The highest BCUT2D eigenvalue weighted by Crippen LogP contribution is 2.44. The summed E-state index contributed by atoms with van der Waals surface area (Å²) >= 11 is 0. The van der Waals surface area contributed by atoms with Crippen LogP contribution < -0.4 is 10.1 Å². The molecule has 31 heavy (non-hydrogen) atoms. The van der Waals surface area contributed by atoms with Crippen LogP contribution in [0.25, 0.3) is 0 Å². The summed E-state index contributed by atoms with van der Waals surface area (Å²) in [7, 11) is 0. The monoisotopic (exact) mass is 427 g/mol. The minimum absolute atomic E-state index is 0.0224. The van der Waals surface area contributed by atoms with Crippen molar-refractivity contribution in [2.45, 2.75) is 69.4 Å². The van der Waals surface area contributed by atoms with E-state index in [0.717, 1.165) is 37.8 Å². The molecule has 0 bridgehead atoms. The minimum atomic E-state index is -0.501. The number of amides is 1. The Morgan fingerprint density at radius 1 is 1.13 bits per heavy atom. The Kier molecular flexibility index (Phi) is 5.97. The topological polar surface area (TPSA) is 91.8 Å². The number of pyridine rings is 1. The van der Waals surface area contributed by atoms with E-state index in [-0.39, 0.29) is 24.3 Å². The van der Waals surface area contributed by atoms with E-state index in [9.17, 15) is 14.7 Å². The largest absolute Gasteiger partial charge is 0.477 e. The predicted molar refractivity (Wildman–Crippen MR) is 115 cm³/mol. The molecule has 1 aliphatic heterocycles. The smallest absolute Gasteiger partial charge is 0.270 e. The van der Waals surface area contributed by atoms with Crippen molar-refractivity contribution in [3.05, 3.63) is 23.4 Å². The average Bonchev–Trinajstić information content (AvgIpc) is 3.60. The normalized spacial score (nSPS) is 24.7. The summed E-state index contributed by atoms with van der Waals surface area (Å²) in [4.78, 5) is 32.5. The van der Waals surface area contributed by atoms with Gasteiger partial charge in [0.15, 0.2) is 5.78 Å². The first-order valence-electron chi connectivity index (χ1n) is 11.9. The minimum Gasteiger partial charge on any atom is -0.477 e. The Morgan fingerprint density at radius 3 is 2.55 bits per heavy atom. The molecule has 1 amide bonds. The van der Waals surface area contributed by atoms with Gasteiger partial charge in [-0.25, -0.2) is 4.98 Å². The fourth-order valence-electron chi connectivity index (χ4n) is 4.36. The zero-order valence-electron chi connectivity index (χ0n) is 18.1. The number of aliphatic hydroxyl groups excluding tert-OH is 1. The molecular weight excluding hydrogens is 394 g/mol. The van der Waals surface area contributed by atoms with Crippen molar-refractivity contribution in [1.82, 2.24) is 15.2 Å². The van der Waals surface area contributed by atoms with Crippen molar-refractivity contribution < 1.29 is 19.4 Å². The fourth-order valence-corrected chi connectivity index (χ4v) is 4.36. The number of hydrogen-bond acceptors (Lipinski definition) is 6. The van der Waals surface area contributed by atoms with Crippen molar-refractivity contribution in [2.24, 2.45) is 11.8 Å².